The van der Waals surface area contributed by atoms with E-state index in [4.69, 9.17) is 5.11 Å². The predicted molar refractivity (Wildman–Crippen MR) is 76.4 cm³/mol. The van der Waals surface area contributed by atoms with Gasteiger partial charge in [0.15, 0.2) is 0 Å². The molecule has 1 aliphatic heterocycles. The number of carbonyl (C=O) groups is 4. The van der Waals surface area contributed by atoms with Gasteiger partial charge in [0.1, 0.15) is 12.6 Å². The molecular formula is C15H16N2O5. The van der Waals surface area contributed by atoms with Crippen LogP contribution in [0, 0.1) is 6.92 Å². The molecule has 1 aromatic carbocycles. The minimum Gasteiger partial charge on any atom is -0.480 e. The normalized spacial score (nSPS) is 14.7. The Balaban J connectivity index is 2.12. The quantitative estimate of drug-likeness (QED) is 0.774. The number of hydrogen-bond acceptors (Lipinski definition) is 4. The van der Waals surface area contributed by atoms with Crippen LogP contribution >= 0.6 is 0 Å². The second kappa shape index (κ2) is 5.97. The number of fused-ring (bicyclic) bond motifs is 1. The molecule has 7 heteroatoms. The van der Waals surface area contributed by atoms with Crippen molar-refractivity contribution in [2.24, 2.45) is 0 Å². The number of imide groups is 1. The number of carboxylic acid groups (broad SMARTS) is 1. The molecule has 1 heterocycles. The molecule has 1 aliphatic rings. The monoisotopic (exact) mass is 304 g/mol. The molecule has 0 aromatic heterocycles. The Morgan fingerprint density at radius 1 is 1.23 bits per heavy atom. The van der Waals surface area contributed by atoms with E-state index in [0.29, 0.717) is 0 Å². The molecule has 0 aliphatic carbocycles. The number of benzene rings is 1. The summed E-state index contributed by atoms with van der Waals surface area (Å²) >= 11 is 0. The molecular weight excluding hydrogens is 288 g/mol. The first-order valence-electron chi connectivity index (χ1n) is 6.84. The van der Waals surface area contributed by atoms with Crippen molar-refractivity contribution in [2.75, 3.05) is 6.54 Å². The molecule has 22 heavy (non-hydrogen) atoms. The van der Waals surface area contributed by atoms with Crippen LogP contribution in [0.4, 0.5) is 0 Å². The lowest BCUT2D eigenvalue weighted by molar-refractivity contribution is -0.141. The summed E-state index contributed by atoms with van der Waals surface area (Å²) in [6, 6.07) is 3.82. The SMILES string of the molecule is CCC(NC(=O)CN1C(=O)c2ccc(C)cc2C1=O)C(=O)O. The van der Waals surface area contributed by atoms with Gasteiger partial charge in [-0.3, -0.25) is 19.3 Å². The lowest BCUT2D eigenvalue weighted by atomic mass is 10.1. The van der Waals surface area contributed by atoms with Crippen molar-refractivity contribution in [1.29, 1.82) is 0 Å². The highest BCUT2D eigenvalue weighted by molar-refractivity contribution is 6.22. The van der Waals surface area contributed by atoms with Crippen LogP contribution in [0.15, 0.2) is 18.2 Å². The third kappa shape index (κ3) is 2.83. The lowest BCUT2D eigenvalue weighted by Crippen LogP contribution is -2.46. The molecule has 2 rings (SSSR count). The zero-order valence-corrected chi connectivity index (χ0v) is 12.3. The van der Waals surface area contributed by atoms with Crippen molar-refractivity contribution >= 4 is 23.7 Å². The van der Waals surface area contributed by atoms with Crippen molar-refractivity contribution in [3.05, 3.63) is 34.9 Å². The molecule has 0 saturated carbocycles. The fourth-order valence-electron chi connectivity index (χ4n) is 2.27. The fourth-order valence-corrected chi connectivity index (χ4v) is 2.27. The summed E-state index contributed by atoms with van der Waals surface area (Å²) in [5, 5.41) is 11.2. The minimum atomic E-state index is -1.16. The highest BCUT2D eigenvalue weighted by atomic mass is 16.4. The maximum absolute atomic E-state index is 12.2. The number of aliphatic carboxylic acids is 1. The number of carboxylic acids is 1. The molecule has 1 atom stereocenters. The molecule has 0 spiro atoms. The van der Waals surface area contributed by atoms with E-state index in [0.717, 1.165) is 10.5 Å². The highest BCUT2D eigenvalue weighted by Gasteiger charge is 2.36. The summed E-state index contributed by atoms with van der Waals surface area (Å²) in [4.78, 5) is 47.9. The average Bonchev–Trinajstić information content (AvgIpc) is 2.69. The van der Waals surface area contributed by atoms with E-state index < -0.39 is 36.3 Å². The largest absolute Gasteiger partial charge is 0.480 e. The van der Waals surface area contributed by atoms with Gasteiger partial charge in [-0.1, -0.05) is 18.6 Å². The molecule has 116 valence electrons. The van der Waals surface area contributed by atoms with Crippen LogP contribution in [0.2, 0.25) is 0 Å². The zero-order chi connectivity index (χ0) is 16.4. The van der Waals surface area contributed by atoms with Gasteiger partial charge >= 0.3 is 5.97 Å². The number of hydrogen-bond donors (Lipinski definition) is 2. The third-order valence-corrected chi connectivity index (χ3v) is 3.47. The summed E-state index contributed by atoms with van der Waals surface area (Å²) in [6.45, 7) is 2.92. The summed E-state index contributed by atoms with van der Waals surface area (Å²) in [6.07, 6.45) is 0.211. The molecule has 1 aromatic rings. The summed E-state index contributed by atoms with van der Waals surface area (Å²) in [5.41, 5.74) is 1.36. The number of rotatable bonds is 5. The number of amides is 3. The Labute approximate surface area is 126 Å². The molecule has 1 unspecified atom stereocenters. The van der Waals surface area contributed by atoms with Crippen LogP contribution in [0.5, 0.6) is 0 Å². The molecule has 7 nitrogen and oxygen atoms in total. The highest BCUT2D eigenvalue weighted by Crippen LogP contribution is 2.23. The van der Waals surface area contributed by atoms with Crippen LogP contribution in [-0.2, 0) is 9.59 Å². The molecule has 0 radical (unpaired) electrons. The van der Waals surface area contributed by atoms with Crippen LogP contribution < -0.4 is 5.32 Å². The minimum absolute atomic E-state index is 0.211. The van der Waals surface area contributed by atoms with Crippen LogP contribution in [0.3, 0.4) is 0 Å². The second-order valence-electron chi connectivity index (χ2n) is 5.11. The Bertz CT molecular complexity index is 668. The van der Waals surface area contributed by atoms with Gasteiger partial charge in [-0.05, 0) is 25.5 Å². The van der Waals surface area contributed by atoms with E-state index in [-0.39, 0.29) is 17.5 Å². The summed E-state index contributed by atoms with van der Waals surface area (Å²) in [5.74, 6) is -2.92. The van der Waals surface area contributed by atoms with Crippen molar-refractivity contribution in [2.45, 2.75) is 26.3 Å². The van der Waals surface area contributed by atoms with Gasteiger partial charge < -0.3 is 10.4 Å². The van der Waals surface area contributed by atoms with Crippen molar-refractivity contribution in [3.63, 3.8) is 0 Å². The van der Waals surface area contributed by atoms with Crippen molar-refractivity contribution in [1.82, 2.24) is 10.2 Å². The summed E-state index contributed by atoms with van der Waals surface area (Å²) in [7, 11) is 0. The number of carbonyl (C=O) groups excluding carboxylic acids is 3. The smallest absolute Gasteiger partial charge is 0.326 e. The lowest BCUT2D eigenvalue weighted by Gasteiger charge is -2.16. The molecule has 2 N–H and O–H groups in total. The van der Waals surface area contributed by atoms with E-state index in [1.807, 2.05) is 0 Å². The third-order valence-electron chi connectivity index (χ3n) is 3.47. The standard InChI is InChI=1S/C15H16N2O5/c1-3-11(15(21)22)16-12(18)7-17-13(19)9-5-4-8(2)6-10(9)14(17)20/h4-6,11H,3,7H2,1-2H3,(H,16,18)(H,21,22). The van der Waals surface area contributed by atoms with Gasteiger partial charge in [0, 0.05) is 0 Å². The molecule has 0 saturated heterocycles. The van der Waals surface area contributed by atoms with E-state index in [1.165, 1.54) is 0 Å². The first kappa shape index (κ1) is 15.7. The Kier molecular flexibility index (Phi) is 4.25. The van der Waals surface area contributed by atoms with Gasteiger partial charge in [-0.15, -0.1) is 0 Å². The molecule has 0 bridgehead atoms. The van der Waals surface area contributed by atoms with Crippen LogP contribution in [0.25, 0.3) is 0 Å². The van der Waals surface area contributed by atoms with Gasteiger partial charge in [0.05, 0.1) is 11.1 Å². The van der Waals surface area contributed by atoms with E-state index in [9.17, 15) is 19.2 Å². The fraction of sp³-hybridized carbons (Fsp3) is 0.333. The van der Waals surface area contributed by atoms with Crippen LogP contribution in [0.1, 0.15) is 39.6 Å². The second-order valence-corrected chi connectivity index (χ2v) is 5.11. The van der Waals surface area contributed by atoms with Gasteiger partial charge in [0.2, 0.25) is 5.91 Å². The van der Waals surface area contributed by atoms with E-state index in [1.54, 1.807) is 32.0 Å². The molecule has 3 amide bonds. The first-order chi connectivity index (χ1) is 10.3. The Hall–Kier alpha value is -2.70. The number of nitrogens with zero attached hydrogens (tertiary/aromatic N) is 1. The number of nitrogens with one attached hydrogen (secondary N) is 1. The van der Waals surface area contributed by atoms with E-state index >= 15 is 0 Å². The summed E-state index contributed by atoms with van der Waals surface area (Å²) < 4.78 is 0. The Morgan fingerprint density at radius 2 is 1.86 bits per heavy atom. The van der Waals surface area contributed by atoms with Gasteiger partial charge in [-0.2, -0.15) is 0 Å². The maximum Gasteiger partial charge on any atom is 0.326 e. The maximum atomic E-state index is 12.2. The van der Waals surface area contributed by atoms with Gasteiger partial charge in [-0.25, -0.2) is 4.79 Å². The van der Waals surface area contributed by atoms with Crippen molar-refractivity contribution < 1.29 is 24.3 Å². The topological polar surface area (TPSA) is 104 Å². The Morgan fingerprint density at radius 3 is 2.45 bits per heavy atom. The van der Waals surface area contributed by atoms with Crippen LogP contribution in [-0.4, -0.2) is 46.3 Å². The van der Waals surface area contributed by atoms with E-state index in [2.05, 4.69) is 5.32 Å². The van der Waals surface area contributed by atoms with Crippen molar-refractivity contribution in [3.8, 4) is 0 Å². The molecule has 0 fully saturated rings. The predicted octanol–water partition coefficient (Wildman–Crippen LogP) is 0.570. The first-order valence-corrected chi connectivity index (χ1v) is 6.84. The zero-order valence-electron chi connectivity index (χ0n) is 12.3. The number of aryl methyl sites for hydroxylation is 1. The van der Waals surface area contributed by atoms with Gasteiger partial charge in [0.25, 0.3) is 11.8 Å². The average molecular weight is 304 g/mol.